The Morgan fingerprint density at radius 2 is 1.64 bits per heavy atom. The molecule has 116 valence electrons. The van der Waals surface area contributed by atoms with Crippen LogP contribution in [0.15, 0.2) is 42.5 Å². The summed E-state index contributed by atoms with van der Waals surface area (Å²) in [4.78, 5) is 0. The van der Waals surface area contributed by atoms with E-state index in [0.29, 0.717) is 10.0 Å². The van der Waals surface area contributed by atoms with E-state index in [0.717, 1.165) is 16.9 Å². The van der Waals surface area contributed by atoms with Gasteiger partial charge in [0.2, 0.25) is 0 Å². The molecule has 0 bridgehead atoms. The van der Waals surface area contributed by atoms with Gasteiger partial charge < -0.3 is 9.47 Å². The first-order chi connectivity index (χ1) is 10.3. The number of epoxide rings is 1. The van der Waals surface area contributed by atoms with Crippen molar-refractivity contribution in [2.24, 2.45) is 0 Å². The van der Waals surface area contributed by atoms with Gasteiger partial charge >= 0.3 is 0 Å². The molecule has 4 heteroatoms. The van der Waals surface area contributed by atoms with Crippen LogP contribution in [-0.2, 0) is 4.74 Å². The predicted molar refractivity (Wildman–Crippen MR) is 89.9 cm³/mol. The number of benzene rings is 2. The highest BCUT2D eigenvalue weighted by Gasteiger charge is 2.42. The summed E-state index contributed by atoms with van der Waals surface area (Å²) in [6.45, 7) is 6.09. The van der Waals surface area contributed by atoms with Crippen LogP contribution in [0.3, 0.4) is 0 Å². The number of hydrogen-bond donors (Lipinski definition) is 0. The van der Waals surface area contributed by atoms with E-state index in [1.165, 1.54) is 0 Å². The predicted octanol–water partition coefficient (Wildman–Crippen LogP) is 5.98. The largest absolute Gasteiger partial charge is 0.488 e. The standard InChI is InChI=1S/C18H18Cl2O2/c1-18(2,3)22-13-7-4-11(5-8-13)16-17(21-16)14-9-6-12(19)10-15(14)20/h4-10,16-17H,1-3H3. The lowest BCUT2D eigenvalue weighted by Gasteiger charge is -2.21. The molecule has 0 saturated carbocycles. The van der Waals surface area contributed by atoms with Crippen molar-refractivity contribution in [2.75, 3.05) is 0 Å². The molecule has 2 atom stereocenters. The lowest BCUT2D eigenvalue weighted by Crippen LogP contribution is -2.22. The smallest absolute Gasteiger partial charge is 0.120 e. The van der Waals surface area contributed by atoms with E-state index in [4.69, 9.17) is 32.7 Å². The van der Waals surface area contributed by atoms with Crippen LogP contribution in [0.25, 0.3) is 0 Å². The van der Waals surface area contributed by atoms with Gasteiger partial charge in [0.15, 0.2) is 0 Å². The molecule has 1 heterocycles. The number of rotatable bonds is 3. The molecule has 1 aliphatic rings. The van der Waals surface area contributed by atoms with Gasteiger partial charge in [-0.15, -0.1) is 0 Å². The molecule has 2 aromatic rings. The molecule has 0 spiro atoms. The second-order valence-electron chi connectivity index (χ2n) is 6.43. The molecule has 3 rings (SSSR count). The first-order valence-corrected chi connectivity index (χ1v) is 7.98. The monoisotopic (exact) mass is 336 g/mol. The Labute approximate surface area is 141 Å². The van der Waals surface area contributed by atoms with Crippen molar-refractivity contribution in [1.82, 2.24) is 0 Å². The van der Waals surface area contributed by atoms with E-state index in [1.54, 1.807) is 6.07 Å². The highest BCUT2D eigenvalue weighted by molar-refractivity contribution is 6.35. The van der Waals surface area contributed by atoms with Crippen LogP contribution in [0.1, 0.15) is 44.1 Å². The average Bonchev–Trinajstić information content (AvgIpc) is 3.18. The Morgan fingerprint density at radius 3 is 2.23 bits per heavy atom. The summed E-state index contributed by atoms with van der Waals surface area (Å²) in [7, 11) is 0. The van der Waals surface area contributed by atoms with Crippen molar-refractivity contribution in [3.8, 4) is 5.75 Å². The Balaban J connectivity index is 1.72. The van der Waals surface area contributed by atoms with Gasteiger partial charge in [-0.2, -0.15) is 0 Å². The zero-order valence-electron chi connectivity index (χ0n) is 12.8. The second kappa shape index (κ2) is 5.77. The average molecular weight is 337 g/mol. The maximum absolute atomic E-state index is 6.23. The van der Waals surface area contributed by atoms with E-state index < -0.39 is 0 Å². The molecule has 0 N–H and O–H groups in total. The summed E-state index contributed by atoms with van der Waals surface area (Å²) in [5, 5.41) is 1.28. The van der Waals surface area contributed by atoms with Crippen molar-refractivity contribution >= 4 is 23.2 Å². The topological polar surface area (TPSA) is 21.8 Å². The van der Waals surface area contributed by atoms with Crippen molar-refractivity contribution in [1.29, 1.82) is 0 Å². The van der Waals surface area contributed by atoms with Gasteiger partial charge in [0.25, 0.3) is 0 Å². The SMILES string of the molecule is CC(C)(C)Oc1ccc(C2OC2c2ccc(Cl)cc2Cl)cc1. The van der Waals surface area contributed by atoms with E-state index in [9.17, 15) is 0 Å². The van der Waals surface area contributed by atoms with Gasteiger partial charge in [-0.05, 0) is 50.6 Å². The normalized spacial score (nSPS) is 20.8. The van der Waals surface area contributed by atoms with E-state index >= 15 is 0 Å². The zero-order chi connectivity index (χ0) is 15.9. The minimum atomic E-state index is -0.197. The van der Waals surface area contributed by atoms with E-state index in [2.05, 4.69) is 0 Å². The summed E-state index contributed by atoms with van der Waals surface area (Å²) in [6, 6.07) is 13.5. The minimum Gasteiger partial charge on any atom is -0.488 e. The van der Waals surface area contributed by atoms with Crippen LogP contribution in [0.2, 0.25) is 10.0 Å². The van der Waals surface area contributed by atoms with E-state index in [1.807, 2.05) is 57.2 Å². The molecule has 22 heavy (non-hydrogen) atoms. The maximum Gasteiger partial charge on any atom is 0.120 e. The van der Waals surface area contributed by atoms with Crippen molar-refractivity contribution in [2.45, 2.75) is 38.6 Å². The fourth-order valence-corrected chi connectivity index (χ4v) is 2.93. The third kappa shape index (κ3) is 3.57. The van der Waals surface area contributed by atoms with Crippen LogP contribution in [0.5, 0.6) is 5.75 Å². The van der Waals surface area contributed by atoms with Crippen LogP contribution < -0.4 is 4.74 Å². The fourth-order valence-electron chi connectivity index (χ4n) is 2.41. The Kier molecular flexibility index (Phi) is 4.11. The molecular formula is C18H18Cl2O2. The summed E-state index contributed by atoms with van der Waals surface area (Å²) >= 11 is 12.2. The molecule has 1 fully saturated rings. The molecular weight excluding hydrogens is 319 g/mol. The van der Waals surface area contributed by atoms with Crippen LogP contribution in [-0.4, -0.2) is 5.60 Å². The molecule has 2 aromatic carbocycles. The quantitative estimate of drug-likeness (QED) is 0.642. The third-order valence-electron chi connectivity index (χ3n) is 3.39. The first kappa shape index (κ1) is 15.7. The molecule has 2 nitrogen and oxygen atoms in total. The van der Waals surface area contributed by atoms with Crippen LogP contribution in [0.4, 0.5) is 0 Å². The summed E-state index contributed by atoms with van der Waals surface area (Å²) < 4.78 is 11.6. The van der Waals surface area contributed by atoms with Gasteiger partial charge in [-0.25, -0.2) is 0 Å². The molecule has 1 saturated heterocycles. The van der Waals surface area contributed by atoms with Crippen molar-refractivity contribution in [3.05, 3.63) is 63.6 Å². The van der Waals surface area contributed by atoms with Gasteiger partial charge in [0.05, 0.1) is 0 Å². The van der Waals surface area contributed by atoms with Gasteiger partial charge in [-0.3, -0.25) is 0 Å². The fraction of sp³-hybridized carbons (Fsp3) is 0.333. The zero-order valence-corrected chi connectivity index (χ0v) is 14.3. The Morgan fingerprint density at radius 1 is 0.955 bits per heavy atom. The summed E-state index contributed by atoms with van der Waals surface area (Å²) in [5.41, 5.74) is 1.90. The Hall–Kier alpha value is -1.22. The number of ether oxygens (including phenoxy) is 2. The molecule has 0 aromatic heterocycles. The number of hydrogen-bond acceptors (Lipinski definition) is 2. The maximum atomic E-state index is 6.23. The highest BCUT2D eigenvalue weighted by atomic mass is 35.5. The minimum absolute atomic E-state index is 0.000786. The number of halogens is 2. The lowest BCUT2D eigenvalue weighted by atomic mass is 10.0. The third-order valence-corrected chi connectivity index (χ3v) is 3.96. The molecule has 0 radical (unpaired) electrons. The van der Waals surface area contributed by atoms with Gasteiger partial charge in [0.1, 0.15) is 23.6 Å². The molecule has 0 aliphatic carbocycles. The first-order valence-electron chi connectivity index (χ1n) is 7.23. The van der Waals surface area contributed by atoms with Crippen molar-refractivity contribution < 1.29 is 9.47 Å². The molecule has 2 unspecified atom stereocenters. The summed E-state index contributed by atoms with van der Waals surface area (Å²) in [5.74, 6) is 0.859. The van der Waals surface area contributed by atoms with Gasteiger partial charge in [-0.1, -0.05) is 41.4 Å². The van der Waals surface area contributed by atoms with Crippen LogP contribution in [0, 0.1) is 0 Å². The van der Waals surface area contributed by atoms with E-state index in [-0.39, 0.29) is 17.8 Å². The second-order valence-corrected chi connectivity index (χ2v) is 7.27. The molecule has 0 amide bonds. The molecule has 1 aliphatic heterocycles. The summed E-state index contributed by atoms with van der Waals surface area (Å²) in [6.07, 6.45) is 0.0431. The lowest BCUT2D eigenvalue weighted by molar-refractivity contribution is 0.131. The van der Waals surface area contributed by atoms with Gasteiger partial charge in [0, 0.05) is 15.6 Å². The van der Waals surface area contributed by atoms with Crippen LogP contribution >= 0.6 is 23.2 Å². The highest BCUT2D eigenvalue weighted by Crippen LogP contribution is 2.53. The Bertz CT molecular complexity index is 674. The van der Waals surface area contributed by atoms with Crippen molar-refractivity contribution in [3.63, 3.8) is 0 Å².